The summed E-state index contributed by atoms with van der Waals surface area (Å²) in [6.07, 6.45) is 0.603. The zero-order chi connectivity index (χ0) is 14.0. The van der Waals surface area contributed by atoms with E-state index in [0.29, 0.717) is 12.2 Å². The molecule has 3 nitrogen and oxygen atoms in total. The number of hydrogen-bond acceptors (Lipinski definition) is 3. The maximum absolute atomic E-state index is 6.35. The van der Waals surface area contributed by atoms with Crippen molar-refractivity contribution >= 4 is 0 Å². The number of nitrogens with zero attached hydrogens (tertiary/aromatic N) is 1. The lowest BCUT2D eigenvalue weighted by molar-refractivity contribution is -0.0691. The summed E-state index contributed by atoms with van der Waals surface area (Å²) < 4.78 is 5.76. The molecule has 1 fully saturated rings. The summed E-state index contributed by atoms with van der Waals surface area (Å²) in [5.74, 6) is 0. The quantitative estimate of drug-likeness (QED) is 0.909. The van der Waals surface area contributed by atoms with Crippen molar-refractivity contribution < 1.29 is 4.74 Å². The molecule has 0 spiro atoms. The van der Waals surface area contributed by atoms with Gasteiger partial charge in [-0.3, -0.25) is 4.90 Å². The van der Waals surface area contributed by atoms with Crippen LogP contribution in [0.15, 0.2) is 18.2 Å². The van der Waals surface area contributed by atoms with Crippen LogP contribution in [0, 0.1) is 13.8 Å². The normalized spacial score (nSPS) is 26.4. The Balaban J connectivity index is 2.00. The lowest BCUT2D eigenvalue weighted by Gasteiger charge is -2.36. The summed E-state index contributed by atoms with van der Waals surface area (Å²) >= 11 is 0. The van der Waals surface area contributed by atoms with Gasteiger partial charge < -0.3 is 10.5 Å². The second-order valence-corrected chi connectivity index (χ2v) is 5.93. The summed E-state index contributed by atoms with van der Waals surface area (Å²) in [6, 6.07) is 6.61. The van der Waals surface area contributed by atoms with Crippen molar-refractivity contribution in [3.8, 4) is 0 Å². The summed E-state index contributed by atoms with van der Waals surface area (Å²) in [4.78, 5) is 2.42. The first kappa shape index (κ1) is 14.5. The van der Waals surface area contributed by atoms with Gasteiger partial charge in [0.15, 0.2) is 0 Å². The smallest absolute Gasteiger partial charge is 0.0678 e. The molecule has 0 radical (unpaired) electrons. The maximum atomic E-state index is 6.35. The standard InChI is InChI=1S/C16H26N2O/c1-11-5-6-15(7-12(11)2)16(17)10-18-8-13(3)19-14(4)9-18/h5-7,13-14,16H,8-10,17H2,1-4H3. The van der Waals surface area contributed by atoms with Gasteiger partial charge in [-0.15, -0.1) is 0 Å². The van der Waals surface area contributed by atoms with Crippen LogP contribution in [0.1, 0.15) is 36.6 Å². The maximum Gasteiger partial charge on any atom is 0.0678 e. The van der Waals surface area contributed by atoms with Crippen molar-refractivity contribution in [3.05, 3.63) is 34.9 Å². The lowest BCUT2D eigenvalue weighted by Crippen LogP contribution is -2.47. The Morgan fingerprint density at radius 2 is 1.84 bits per heavy atom. The number of aryl methyl sites for hydroxylation is 2. The van der Waals surface area contributed by atoms with Crippen LogP contribution in [-0.4, -0.2) is 36.7 Å². The van der Waals surface area contributed by atoms with E-state index in [0.717, 1.165) is 19.6 Å². The SMILES string of the molecule is Cc1ccc(C(N)CN2CC(C)OC(C)C2)cc1C. The van der Waals surface area contributed by atoms with Gasteiger partial charge in [0.1, 0.15) is 0 Å². The minimum atomic E-state index is 0.0804. The molecule has 2 N–H and O–H groups in total. The van der Waals surface area contributed by atoms with E-state index in [1.54, 1.807) is 0 Å². The highest BCUT2D eigenvalue weighted by molar-refractivity contribution is 5.31. The third kappa shape index (κ3) is 3.78. The van der Waals surface area contributed by atoms with Crippen molar-refractivity contribution in [1.82, 2.24) is 4.90 Å². The van der Waals surface area contributed by atoms with Crippen molar-refractivity contribution in [1.29, 1.82) is 0 Å². The molecule has 3 heteroatoms. The van der Waals surface area contributed by atoms with Gasteiger partial charge in [-0.1, -0.05) is 18.2 Å². The van der Waals surface area contributed by atoms with Crippen molar-refractivity contribution in [2.45, 2.75) is 45.9 Å². The van der Waals surface area contributed by atoms with E-state index in [1.807, 2.05) is 0 Å². The largest absolute Gasteiger partial charge is 0.373 e. The summed E-state index contributed by atoms with van der Waals surface area (Å²) in [5.41, 5.74) is 10.2. The molecule has 3 unspecified atom stereocenters. The molecule has 19 heavy (non-hydrogen) atoms. The van der Waals surface area contributed by atoms with Crippen LogP contribution >= 0.6 is 0 Å². The molecular formula is C16H26N2O. The molecule has 1 aromatic carbocycles. The predicted molar refractivity (Wildman–Crippen MR) is 79.3 cm³/mol. The zero-order valence-corrected chi connectivity index (χ0v) is 12.5. The molecule has 1 saturated heterocycles. The van der Waals surface area contributed by atoms with Crippen LogP contribution < -0.4 is 5.73 Å². The van der Waals surface area contributed by atoms with Gasteiger partial charge >= 0.3 is 0 Å². The van der Waals surface area contributed by atoms with E-state index in [9.17, 15) is 0 Å². The molecule has 106 valence electrons. The van der Waals surface area contributed by atoms with E-state index in [2.05, 4.69) is 50.8 Å². The average molecular weight is 262 g/mol. The summed E-state index contributed by atoms with van der Waals surface area (Å²) in [6.45, 7) is 11.4. The number of benzene rings is 1. The van der Waals surface area contributed by atoms with Crippen LogP contribution in [0.25, 0.3) is 0 Å². The van der Waals surface area contributed by atoms with E-state index in [4.69, 9.17) is 10.5 Å². The first-order valence-electron chi connectivity index (χ1n) is 7.16. The topological polar surface area (TPSA) is 38.5 Å². The highest BCUT2D eigenvalue weighted by Gasteiger charge is 2.23. The van der Waals surface area contributed by atoms with Crippen LogP contribution in [0.3, 0.4) is 0 Å². The number of ether oxygens (including phenoxy) is 1. The van der Waals surface area contributed by atoms with E-state index in [1.165, 1.54) is 16.7 Å². The summed E-state index contributed by atoms with van der Waals surface area (Å²) in [7, 11) is 0. The third-order valence-corrected chi connectivity index (χ3v) is 3.91. The fourth-order valence-corrected chi connectivity index (χ4v) is 2.81. The minimum Gasteiger partial charge on any atom is -0.373 e. The van der Waals surface area contributed by atoms with Gasteiger partial charge in [0.2, 0.25) is 0 Å². The van der Waals surface area contributed by atoms with E-state index in [-0.39, 0.29) is 6.04 Å². The van der Waals surface area contributed by atoms with Crippen LogP contribution in [0.4, 0.5) is 0 Å². The number of rotatable bonds is 3. The fourth-order valence-electron chi connectivity index (χ4n) is 2.81. The van der Waals surface area contributed by atoms with E-state index >= 15 is 0 Å². The first-order chi connectivity index (χ1) is 8.95. The lowest BCUT2D eigenvalue weighted by atomic mass is 10.0. The third-order valence-electron chi connectivity index (χ3n) is 3.91. The minimum absolute atomic E-state index is 0.0804. The zero-order valence-electron chi connectivity index (χ0n) is 12.5. The molecule has 1 heterocycles. The monoisotopic (exact) mass is 262 g/mol. The number of hydrogen-bond donors (Lipinski definition) is 1. The average Bonchev–Trinajstić information content (AvgIpc) is 2.31. The van der Waals surface area contributed by atoms with Gasteiger partial charge in [-0.2, -0.15) is 0 Å². The first-order valence-corrected chi connectivity index (χ1v) is 7.16. The van der Waals surface area contributed by atoms with E-state index < -0.39 is 0 Å². The molecule has 0 saturated carbocycles. The Morgan fingerprint density at radius 3 is 2.42 bits per heavy atom. The number of nitrogens with two attached hydrogens (primary N) is 1. The molecule has 0 amide bonds. The van der Waals surface area contributed by atoms with Crippen LogP contribution in [0.2, 0.25) is 0 Å². The highest BCUT2D eigenvalue weighted by Crippen LogP contribution is 2.18. The van der Waals surface area contributed by atoms with Gasteiger partial charge in [0, 0.05) is 25.7 Å². The second kappa shape index (κ2) is 6.04. The second-order valence-electron chi connectivity index (χ2n) is 5.93. The fraction of sp³-hybridized carbons (Fsp3) is 0.625. The Morgan fingerprint density at radius 1 is 1.21 bits per heavy atom. The number of morpholine rings is 1. The predicted octanol–water partition coefficient (Wildman–Crippen LogP) is 2.41. The van der Waals surface area contributed by atoms with Crippen molar-refractivity contribution in [2.24, 2.45) is 5.73 Å². The molecule has 3 atom stereocenters. The molecule has 0 bridgehead atoms. The highest BCUT2D eigenvalue weighted by atomic mass is 16.5. The Hall–Kier alpha value is -0.900. The van der Waals surface area contributed by atoms with Crippen LogP contribution in [-0.2, 0) is 4.74 Å². The molecule has 1 aliphatic rings. The summed E-state index contributed by atoms with van der Waals surface area (Å²) in [5, 5.41) is 0. The van der Waals surface area contributed by atoms with Crippen molar-refractivity contribution in [3.63, 3.8) is 0 Å². The molecular weight excluding hydrogens is 236 g/mol. The molecule has 1 aliphatic heterocycles. The molecule has 2 rings (SSSR count). The Labute approximate surface area is 116 Å². The van der Waals surface area contributed by atoms with Gasteiger partial charge in [0.25, 0.3) is 0 Å². The van der Waals surface area contributed by atoms with Gasteiger partial charge in [-0.05, 0) is 44.4 Å². The molecule has 0 aliphatic carbocycles. The van der Waals surface area contributed by atoms with Crippen LogP contribution in [0.5, 0.6) is 0 Å². The van der Waals surface area contributed by atoms with Crippen molar-refractivity contribution in [2.75, 3.05) is 19.6 Å². The Kier molecular flexibility index (Phi) is 4.61. The molecule has 0 aromatic heterocycles. The Bertz CT molecular complexity index is 423. The van der Waals surface area contributed by atoms with Gasteiger partial charge in [-0.25, -0.2) is 0 Å². The van der Waals surface area contributed by atoms with Gasteiger partial charge in [0.05, 0.1) is 12.2 Å². The molecule has 1 aromatic rings.